The minimum Gasteiger partial charge on any atom is -0.436 e. The van der Waals surface area contributed by atoms with Crippen molar-refractivity contribution in [3.05, 3.63) is 71.3 Å². The van der Waals surface area contributed by atoms with Crippen LogP contribution in [-0.2, 0) is 6.54 Å². The number of fused-ring (bicyclic) bond motifs is 1. The molecule has 0 spiro atoms. The van der Waals surface area contributed by atoms with Crippen LogP contribution < -0.4 is 5.32 Å². The molecule has 1 aliphatic carbocycles. The number of benzene rings is 2. The molecule has 0 bridgehead atoms. The smallest absolute Gasteiger partial charge is 0.251 e. The molecule has 0 saturated heterocycles. The van der Waals surface area contributed by atoms with Crippen LogP contribution in [0, 0.1) is 5.82 Å². The lowest BCUT2D eigenvalue weighted by Crippen LogP contribution is -2.22. The van der Waals surface area contributed by atoms with E-state index in [1.54, 1.807) is 30.3 Å². The van der Waals surface area contributed by atoms with Gasteiger partial charge in [-0.1, -0.05) is 6.07 Å². The number of oxazole rings is 1. The van der Waals surface area contributed by atoms with Crippen LogP contribution in [0.2, 0.25) is 0 Å². The summed E-state index contributed by atoms with van der Waals surface area (Å²) >= 11 is 0. The Labute approximate surface area is 159 Å². The van der Waals surface area contributed by atoms with Crippen LogP contribution >= 0.6 is 0 Å². The molecule has 1 aliphatic rings. The Hall–Kier alpha value is -3.48. The fraction of sp³-hybridized carbons (Fsp3) is 0.190. The van der Waals surface area contributed by atoms with Crippen LogP contribution in [0.1, 0.15) is 40.5 Å². The number of H-pyrrole nitrogens is 1. The molecule has 0 aliphatic heterocycles. The quantitative estimate of drug-likeness (QED) is 0.548. The predicted octanol–water partition coefficient (Wildman–Crippen LogP) is 4.16. The summed E-state index contributed by atoms with van der Waals surface area (Å²) in [6, 6.07) is 13.1. The number of hydrogen-bond acceptors (Lipinski definition) is 4. The Balaban J connectivity index is 1.32. The summed E-state index contributed by atoms with van der Waals surface area (Å²) in [6.45, 7) is 0.379. The van der Waals surface area contributed by atoms with E-state index in [-0.39, 0.29) is 11.7 Å². The first-order valence-corrected chi connectivity index (χ1v) is 9.14. The molecule has 28 heavy (non-hydrogen) atoms. The zero-order valence-corrected chi connectivity index (χ0v) is 14.9. The largest absolute Gasteiger partial charge is 0.436 e. The number of nitrogens with zero attached hydrogens (tertiary/aromatic N) is 2. The lowest BCUT2D eigenvalue weighted by Gasteiger charge is -2.03. The number of carbonyl (C=O) groups is 1. The predicted molar refractivity (Wildman–Crippen MR) is 101 cm³/mol. The minimum atomic E-state index is -0.358. The lowest BCUT2D eigenvalue weighted by atomic mass is 10.2. The van der Waals surface area contributed by atoms with Crippen molar-refractivity contribution in [1.82, 2.24) is 20.5 Å². The Morgan fingerprint density at radius 2 is 2.11 bits per heavy atom. The Bertz CT molecular complexity index is 1180. The zero-order chi connectivity index (χ0) is 19.1. The summed E-state index contributed by atoms with van der Waals surface area (Å²) < 4.78 is 19.1. The van der Waals surface area contributed by atoms with Gasteiger partial charge in [-0.05, 0) is 55.3 Å². The molecule has 7 heteroatoms. The van der Waals surface area contributed by atoms with Crippen molar-refractivity contribution in [2.24, 2.45) is 0 Å². The van der Waals surface area contributed by atoms with Gasteiger partial charge in [0.05, 0.1) is 17.9 Å². The van der Waals surface area contributed by atoms with Gasteiger partial charge in [-0.2, -0.15) is 5.10 Å². The second-order valence-electron chi connectivity index (χ2n) is 6.99. The molecule has 5 rings (SSSR count). The molecule has 140 valence electrons. The van der Waals surface area contributed by atoms with E-state index >= 15 is 0 Å². The van der Waals surface area contributed by atoms with Crippen molar-refractivity contribution in [1.29, 1.82) is 0 Å². The van der Waals surface area contributed by atoms with Gasteiger partial charge in [0, 0.05) is 17.0 Å². The molecule has 2 aromatic heterocycles. The molecule has 0 unspecified atom stereocenters. The molecule has 0 radical (unpaired) electrons. The maximum Gasteiger partial charge on any atom is 0.251 e. The van der Waals surface area contributed by atoms with E-state index in [2.05, 4.69) is 20.5 Å². The van der Waals surface area contributed by atoms with Gasteiger partial charge in [-0.3, -0.25) is 9.89 Å². The van der Waals surface area contributed by atoms with Gasteiger partial charge in [0.25, 0.3) is 5.91 Å². The molecular formula is C21H17FN4O2. The van der Waals surface area contributed by atoms with Crippen molar-refractivity contribution in [3.63, 3.8) is 0 Å². The van der Waals surface area contributed by atoms with Crippen molar-refractivity contribution in [2.75, 3.05) is 0 Å². The monoisotopic (exact) mass is 376 g/mol. The molecule has 1 fully saturated rings. The van der Waals surface area contributed by atoms with E-state index < -0.39 is 0 Å². The second kappa shape index (κ2) is 6.60. The fourth-order valence-electron chi connectivity index (χ4n) is 3.15. The van der Waals surface area contributed by atoms with Gasteiger partial charge in [-0.15, -0.1) is 0 Å². The molecule has 4 aromatic rings. The number of carbonyl (C=O) groups excluding carboxylic acids is 1. The number of aromatic nitrogens is 3. The van der Waals surface area contributed by atoms with E-state index in [9.17, 15) is 9.18 Å². The summed E-state index contributed by atoms with van der Waals surface area (Å²) in [5.74, 6) is 0.322. The first-order valence-electron chi connectivity index (χ1n) is 9.14. The number of hydrogen-bond donors (Lipinski definition) is 2. The third kappa shape index (κ3) is 3.26. The molecule has 2 heterocycles. The standard InChI is InChI=1S/C21H17FN4O2/c22-15-3-1-2-14(8-15)21-24-18-9-13(6-7-19(18)28-21)20(27)23-11-16-10-17(26-25-16)12-4-5-12/h1-3,6-10,12H,4-5,11H2,(H,23,27)(H,25,26). The summed E-state index contributed by atoms with van der Waals surface area (Å²) in [5.41, 5.74) is 4.06. The zero-order valence-electron chi connectivity index (χ0n) is 14.9. The van der Waals surface area contributed by atoms with Crippen LogP contribution in [-0.4, -0.2) is 21.1 Å². The van der Waals surface area contributed by atoms with Crippen LogP contribution in [0.25, 0.3) is 22.6 Å². The Morgan fingerprint density at radius 3 is 2.93 bits per heavy atom. The summed E-state index contributed by atoms with van der Waals surface area (Å²) in [5, 5.41) is 10.1. The Morgan fingerprint density at radius 1 is 1.21 bits per heavy atom. The molecule has 6 nitrogen and oxygen atoms in total. The van der Waals surface area contributed by atoms with Gasteiger partial charge in [0.2, 0.25) is 5.89 Å². The lowest BCUT2D eigenvalue weighted by molar-refractivity contribution is 0.0950. The van der Waals surface area contributed by atoms with Crippen molar-refractivity contribution in [3.8, 4) is 11.5 Å². The summed E-state index contributed by atoms with van der Waals surface area (Å²) in [4.78, 5) is 16.9. The maximum atomic E-state index is 13.4. The average Bonchev–Trinajstić information content (AvgIpc) is 3.29. The molecule has 0 atom stereocenters. The first kappa shape index (κ1) is 16.7. The molecule has 2 N–H and O–H groups in total. The third-order valence-corrected chi connectivity index (χ3v) is 4.81. The highest BCUT2D eigenvalue weighted by Gasteiger charge is 2.26. The highest BCUT2D eigenvalue weighted by molar-refractivity contribution is 5.97. The summed E-state index contributed by atoms with van der Waals surface area (Å²) in [7, 11) is 0. The van der Waals surface area contributed by atoms with Crippen LogP contribution in [0.5, 0.6) is 0 Å². The first-order chi connectivity index (χ1) is 13.7. The molecule has 1 amide bonds. The van der Waals surface area contributed by atoms with E-state index in [1.165, 1.54) is 25.0 Å². The third-order valence-electron chi connectivity index (χ3n) is 4.81. The van der Waals surface area contributed by atoms with E-state index in [0.29, 0.717) is 40.6 Å². The fourth-order valence-corrected chi connectivity index (χ4v) is 3.15. The van der Waals surface area contributed by atoms with Gasteiger partial charge in [-0.25, -0.2) is 9.37 Å². The number of rotatable bonds is 5. The average molecular weight is 376 g/mol. The number of aromatic amines is 1. The van der Waals surface area contributed by atoms with Crippen molar-refractivity contribution in [2.45, 2.75) is 25.3 Å². The topological polar surface area (TPSA) is 83.8 Å². The van der Waals surface area contributed by atoms with Gasteiger partial charge < -0.3 is 9.73 Å². The molecule has 1 saturated carbocycles. The highest BCUT2D eigenvalue weighted by Crippen LogP contribution is 2.39. The van der Waals surface area contributed by atoms with Crippen molar-refractivity contribution < 1.29 is 13.6 Å². The molecule has 2 aromatic carbocycles. The van der Waals surface area contributed by atoms with Gasteiger partial charge >= 0.3 is 0 Å². The molecular weight excluding hydrogens is 359 g/mol. The number of amides is 1. The van der Waals surface area contributed by atoms with Gasteiger partial charge in [0.1, 0.15) is 11.3 Å². The minimum absolute atomic E-state index is 0.209. The highest BCUT2D eigenvalue weighted by atomic mass is 19.1. The number of halogens is 1. The number of nitrogens with one attached hydrogen (secondary N) is 2. The normalized spacial score (nSPS) is 13.8. The van der Waals surface area contributed by atoms with E-state index in [0.717, 1.165) is 11.4 Å². The van der Waals surface area contributed by atoms with E-state index in [1.807, 2.05) is 6.07 Å². The second-order valence-corrected chi connectivity index (χ2v) is 6.99. The SMILES string of the molecule is O=C(NCc1cc(C2CC2)n[nH]1)c1ccc2oc(-c3cccc(F)c3)nc2c1. The van der Waals surface area contributed by atoms with Crippen molar-refractivity contribution >= 4 is 17.0 Å². The van der Waals surface area contributed by atoms with Gasteiger partial charge in [0.15, 0.2) is 5.58 Å². The maximum absolute atomic E-state index is 13.4. The Kier molecular flexibility index (Phi) is 3.93. The van der Waals surface area contributed by atoms with Crippen LogP contribution in [0.4, 0.5) is 4.39 Å². The van der Waals surface area contributed by atoms with Crippen LogP contribution in [0.3, 0.4) is 0 Å². The summed E-state index contributed by atoms with van der Waals surface area (Å²) in [6.07, 6.45) is 2.37. The van der Waals surface area contributed by atoms with Crippen LogP contribution in [0.15, 0.2) is 52.9 Å². The van der Waals surface area contributed by atoms with E-state index in [4.69, 9.17) is 4.42 Å².